The van der Waals surface area contributed by atoms with Crippen LogP contribution in [-0.2, 0) is 21.2 Å². The lowest BCUT2D eigenvalue weighted by Crippen LogP contribution is -2.27. The molecule has 0 unspecified atom stereocenters. The third-order valence-electron chi connectivity index (χ3n) is 4.19. The Morgan fingerprint density at radius 2 is 1.70 bits per heavy atom. The molecule has 3 rings (SSSR count). The van der Waals surface area contributed by atoms with E-state index in [0.717, 1.165) is 18.4 Å². The Bertz CT molecular complexity index is 950. The zero-order valence-electron chi connectivity index (χ0n) is 14.5. The van der Waals surface area contributed by atoms with Gasteiger partial charge in [0.1, 0.15) is 0 Å². The summed E-state index contributed by atoms with van der Waals surface area (Å²) in [4.78, 5) is 23.0. The fourth-order valence-electron chi connectivity index (χ4n) is 2.55. The van der Waals surface area contributed by atoms with E-state index in [9.17, 15) is 18.0 Å². The molecule has 2 aromatic carbocycles. The molecule has 0 heterocycles. The molecule has 27 heavy (non-hydrogen) atoms. The van der Waals surface area contributed by atoms with Crippen molar-refractivity contribution in [3.63, 3.8) is 0 Å². The lowest BCUT2D eigenvalue weighted by atomic mass is 10.1. The number of benzene rings is 2. The molecule has 0 bridgehead atoms. The van der Waals surface area contributed by atoms with Gasteiger partial charge in [-0.2, -0.15) is 0 Å². The molecule has 0 radical (unpaired) electrons. The third kappa shape index (κ3) is 5.07. The zero-order valence-corrected chi connectivity index (χ0v) is 15.3. The second kappa shape index (κ2) is 7.79. The lowest BCUT2D eigenvalue weighted by Gasteiger charge is -2.13. The van der Waals surface area contributed by atoms with Crippen molar-refractivity contribution in [2.75, 3.05) is 4.72 Å². The molecule has 0 aliphatic heterocycles. The largest absolute Gasteiger partial charge is 0.481 e. The number of carboxylic acid groups (broad SMARTS) is 1. The first kappa shape index (κ1) is 18.9. The highest BCUT2D eigenvalue weighted by atomic mass is 32.2. The van der Waals surface area contributed by atoms with E-state index in [1.807, 2.05) is 0 Å². The van der Waals surface area contributed by atoms with E-state index < -0.39 is 16.0 Å². The summed E-state index contributed by atoms with van der Waals surface area (Å²) in [6.45, 7) is 0. The topological polar surface area (TPSA) is 113 Å². The first-order valence-corrected chi connectivity index (χ1v) is 10.1. The van der Waals surface area contributed by atoms with Crippen molar-refractivity contribution in [3.05, 3.63) is 59.7 Å². The monoisotopic (exact) mass is 388 g/mol. The van der Waals surface area contributed by atoms with Crippen LogP contribution in [0.25, 0.3) is 0 Å². The molecule has 0 saturated heterocycles. The summed E-state index contributed by atoms with van der Waals surface area (Å²) in [6.07, 6.45) is 2.18. The van der Waals surface area contributed by atoms with E-state index >= 15 is 0 Å². The summed E-state index contributed by atoms with van der Waals surface area (Å²) in [5, 5.41) is 11.6. The minimum absolute atomic E-state index is 0.0200. The van der Waals surface area contributed by atoms with Crippen LogP contribution in [0.1, 0.15) is 35.2 Å². The number of nitrogens with one attached hydrogen (secondary N) is 2. The summed E-state index contributed by atoms with van der Waals surface area (Å²) >= 11 is 0. The van der Waals surface area contributed by atoms with Gasteiger partial charge in [0, 0.05) is 12.5 Å². The molecule has 7 nitrogen and oxygen atoms in total. The van der Waals surface area contributed by atoms with Crippen molar-refractivity contribution in [1.82, 2.24) is 5.32 Å². The van der Waals surface area contributed by atoms with Gasteiger partial charge in [0.25, 0.3) is 15.9 Å². The lowest BCUT2D eigenvalue weighted by molar-refractivity contribution is -0.136. The van der Waals surface area contributed by atoms with Gasteiger partial charge < -0.3 is 10.4 Å². The number of carboxylic acids is 1. The van der Waals surface area contributed by atoms with Crippen LogP contribution < -0.4 is 10.0 Å². The molecule has 3 N–H and O–H groups in total. The van der Waals surface area contributed by atoms with Crippen molar-refractivity contribution in [3.8, 4) is 0 Å². The van der Waals surface area contributed by atoms with Gasteiger partial charge in [0.2, 0.25) is 0 Å². The molecule has 0 atom stereocenters. The number of aliphatic carboxylic acids is 1. The summed E-state index contributed by atoms with van der Waals surface area (Å²) in [5.41, 5.74) is 1.22. The average molecular weight is 388 g/mol. The quantitative estimate of drug-likeness (QED) is 0.643. The van der Waals surface area contributed by atoms with Gasteiger partial charge in [-0.25, -0.2) is 8.42 Å². The van der Waals surface area contributed by atoms with Crippen LogP contribution in [0, 0.1) is 0 Å². The minimum Gasteiger partial charge on any atom is -0.481 e. The van der Waals surface area contributed by atoms with Crippen LogP contribution in [0.5, 0.6) is 0 Å². The molecule has 0 spiro atoms. The Kier molecular flexibility index (Phi) is 5.46. The van der Waals surface area contributed by atoms with Crippen LogP contribution >= 0.6 is 0 Å². The maximum absolute atomic E-state index is 12.7. The predicted molar refractivity (Wildman–Crippen MR) is 100 cm³/mol. The van der Waals surface area contributed by atoms with Crippen LogP contribution in [0.4, 0.5) is 5.69 Å². The number of aryl methyl sites for hydroxylation is 1. The Balaban J connectivity index is 1.76. The van der Waals surface area contributed by atoms with Gasteiger partial charge in [-0.1, -0.05) is 24.3 Å². The number of carbonyl (C=O) groups is 2. The van der Waals surface area contributed by atoms with Gasteiger partial charge in [-0.15, -0.1) is 0 Å². The van der Waals surface area contributed by atoms with E-state index in [1.165, 1.54) is 12.1 Å². The number of para-hydroxylation sites is 1. The van der Waals surface area contributed by atoms with Crippen LogP contribution in [-0.4, -0.2) is 31.4 Å². The highest BCUT2D eigenvalue weighted by Gasteiger charge is 2.25. The molecule has 8 heteroatoms. The van der Waals surface area contributed by atoms with E-state index in [-0.39, 0.29) is 34.5 Å². The fraction of sp³-hybridized carbons (Fsp3) is 0.263. The first-order valence-electron chi connectivity index (χ1n) is 8.58. The number of anilines is 1. The Labute approximate surface area is 157 Å². The second-order valence-corrected chi connectivity index (χ2v) is 8.12. The van der Waals surface area contributed by atoms with Crippen molar-refractivity contribution in [2.24, 2.45) is 0 Å². The fourth-order valence-corrected chi connectivity index (χ4v) is 3.63. The van der Waals surface area contributed by atoms with Crippen molar-refractivity contribution < 1.29 is 23.1 Å². The molecule has 1 aliphatic carbocycles. The van der Waals surface area contributed by atoms with E-state index in [2.05, 4.69) is 10.0 Å². The number of hydrogen-bond acceptors (Lipinski definition) is 4. The number of sulfonamides is 1. The number of carbonyl (C=O) groups excluding carboxylic acids is 1. The maximum atomic E-state index is 12.7. The van der Waals surface area contributed by atoms with Gasteiger partial charge >= 0.3 is 5.97 Å². The molecular weight excluding hydrogens is 368 g/mol. The normalized spacial score (nSPS) is 13.8. The highest BCUT2D eigenvalue weighted by molar-refractivity contribution is 7.92. The molecule has 142 valence electrons. The molecule has 0 aromatic heterocycles. The molecular formula is C19H20N2O5S. The summed E-state index contributed by atoms with van der Waals surface area (Å²) < 4.78 is 27.8. The summed E-state index contributed by atoms with van der Waals surface area (Å²) in [7, 11) is -3.88. The average Bonchev–Trinajstić information content (AvgIpc) is 3.44. The van der Waals surface area contributed by atoms with Crippen molar-refractivity contribution in [2.45, 2.75) is 36.6 Å². The number of amides is 1. The molecule has 1 aliphatic rings. The summed E-state index contributed by atoms with van der Waals surface area (Å²) in [6, 6.07) is 12.6. The molecule has 1 amide bonds. The molecule has 1 fully saturated rings. The maximum Gasteiger partial charge on any atom is 0.303 e. The van der Waals surface area contributed by atoms with Crippen molar-refractivity contribution in [1.29, 1.82) is 0 Å². The predicted octanol–water partition coefficient (Wildman–Crippen LogP) is 2.40. The van der Waals surface area contributed by atoms with Gasteiger partial charge in [-0.3, -0.25) is 14.3 Å². The Morgan fingerprint density at radius 3 is 2.33 bits per heavy atom. The van der Waals surface area contributed by atoms with E-state index in [4.69, 9.17) is 5.11 Å². The minimum atomic E-state index is -3.88. The smallest absolute Gasteiger partial charge is 0.303 e. The van der Waals surface area contributed by atoms with Crippen molar-refractivity contribution >= 4 is 27.6 Å². The standard InChI is InChI=1S/C19H20N2O5S/c22-18(23)12-7-13-5-10-15(11-6-13)27(25,26)21-17-4-2-1-3-16(17)19(24)20-14-8-9-14/h1-6,10-11,14,21H,7-9,12H2,(H,20,24)(H,22,23). The number of hydrogen-bond donors (Lipinski definition) is 3. The van der Waals surface area contributed by atoms with E-state index in [1.54, 1.807) is 36.4 Å². The first-order chi connectivity index (χ1) is 12.8. The zero-order chi connectivity index (χ0) is 19.4. The molecule has 2 aromatic rings. The SMILES string of the molecule is O=C(O)CCc1ccc(S(=O)(=O)Nc2ccccc2C(=O)NC2CC2)cc1. The van der Waals surface area contributed by atoms with Crippen LogP contribution in [0.3, 0.4) is 0 Å². The molecule has 1 saturated carbocycles. The van der Waals surface area contributed by atoms with Gasteiger partial charge in [-0.05, 0) is 49.1 Å². The number of rotatable bonds is 8. The second-order valence-electron chi connectivity index (χ2n) is 6.44. The van der Waals surface area contributed by atoms with Crippen LogP contribution in [0.15, 0.2) is 53.4 Å². The van der Waals surface area contributed by atoms with Gasteiger partial charge in [0.15, 0.2) is 0 Å². The Hall–Kier alpha value is -2.87. The van der Waals surface area contributed by atoms with Gasteiger partial charge in [0.05, 0.1) is 16.1 Å². The van der Waals surface area contributed by atoms with Crippen LogP contribution in [0.2, 0.25) is 0 Å². The third-order valence-corrected chi connectivity index (χ3v) is 5.57. The highest BCUT2D eigenvalue weighted by Crippen LogP contribution is 2.23. The Morgan fingerprint density at radius 1 is 1.04 bits per heavy atom. The summed E-state index contributed by atoms with van der Waals surface area (Å²) in [5.74, 6) is -1.21. The van der Waals surface area contributed by atoms with E-state index in [0.29, 0.717) is 6.42 Å².